The topological polar surface area (TPSA) is 58.0 Å². The number of nitrogens with one attached hydrogen (secondary N) is 2. The van der Waals surface area contributed by atoms with Gasteiger partial charge in [-0.3, -0.25) is 4.79 Å². The van der Waals surface area contributed by atoms with Gasteiger partial charge in [0, 0.05) is 29.4 Å². The second-order valence-corrected chi connectivity index (χ2v) is 6.99. The Morgan fingerprint density at radius 3 is 2.53 bits per heavy atom. The molecule has 0 aliphatic carbocycles. The Morgan fingerprint density at radius 1 is 1.00 bits per heavy atom. The fraction of sp³-hybridized carbons (Fsp3) is 0.174. The fourth-order valence-electron chi connectivity index (χ4n) is 3.69. The molecule has 2 heterocycles. The number of amides is 1. The summed E-state index contributed by atoms with van der Waals surface area (Å²) in [6.45, 7) is 0.174. The van der Waals surface area contributed by atoms with Gasteiger partial charge >= 0.3 is 6.18 Å². The van der Waals surface area contributed by atoms with Crippen LogP contribution in [0.2, 0.25) is 0 Å². The van der Waals surface area contributed by atoms with E-state index in [0.717, 1.165) is 17.0 Å². The number of rotatable bonds is 6. The molecule has 0 aliphatic rings. The van der Waals surface area contributed by atoms with Crippen molar-refractivity contribution in [3.63, 3.8) is 0 Å². The van der Waals surface area contributed by atoms with Gasteiger partial charge < -0.3 is 14.7 Å². The molecule has 0 unspecified atom stereocenters. The van der Waals surface area contributed by atoms with E-state index in [9.17, 15) is 18.0 Å². The molecule has 0 radical (unpaired) electrons. The number of furan rings is 1. The van der Waals surface area contributed by atoms with Crippen molar-refractivity contribution in [1.82, 2.24) is 10.3 Å². The Labute approximate surface area is 170 Å². The second kappa shape index (κ2) is 8.10. The Hall–Kier alpha value is -3.48. The van der Waals surface area contributed by atoms with Crippen LogP contribution in [0.3, 0.4) is 0 Å². The Morgan fingerprint density at radius 2 is 1.77 bits per heavy atom. The Kier molecular flexibility index (Phi) is 5.35. The monoisotopic (exact) mass is 412 g/mol. The molecule has 4 nitrogen and oxygen atoms in total. The number of aromatic amines is 1. The highest BCUT2D eigenvalue weighted by Gasteiger charge is 2.36. The minimum Gasteiger partial charge on any atom is -0.467 e. The van der Waals surface area contributed by atoms with E-state index < -0.39 is 17.7 Å². The highest BCUT2D eigenvalue weighted by atomic mass is 19.4. The average molecular weight is 412 g/mol. The molecule has 0 fully saturated rings. The van der Waals surface area contributed by atoms with Gasteiger partial charge in [-0.1, -0.05) is 36.4 Å². The lowest BCUT2D eigenvalue weighted by Crippen LogP contribution is -2.25. The van der Waals surface area contributed by atoms with Crippen LogP contribution in [0, 0.1) is 0 Å². The molecule has 0 saturated heterocycles. The third kappa shape index (κ3) is 4.10. The van der Waals surface area contributed by atoms with E-state index in [-0.39, 0.29) is 24.4 Å². The Balaban J connectivity index is 1.72. The van der Waals surface area contributed by atoms with Crippen molar-refractivity contribution in [1.29, 1.82) is 0 Å². The van der Waals surface area contributed by atoms with Crippen molar-refractivity contribution in [3.05, 3.63) is 95.6 Å². The second-order valence-electron chi connectivity index (χ2n) is 6.99. The predicted octanol–water partition coefficient (Wildman–Crippen LogP) is 5.62. The van der Waals surface area contributed by atoms with Crippen molar-refractivity contribution >= 4 is 16.8 Å². The van der Waals surface area contributed by atoms with Crippen LogP contribution in [0.25, 0.3) is 10.9 Å². The molecule has 2 aromatic heterocycles. The van der Waals surface area contributed by atoms with E-state index in [2.05, 4.69) is 10.3 Å². The van der Waals surface area contributed by atoms with E-state index in [0.29, 0.717) is 11.3 Å². The first kappa shape index (κ1) is 19.8. The van der Waals surface area contributed by atoms with Gasteiger partial charge in [-0.2, -0.15) is 13.2 Å². The molecule has 2 N–H and O–H groups in total. The van der Waals surface area contributed by atoms with E-state index >= 15 is 0 Å². The molecule has 30 heavy (non-hydrogen) atoms. The standard InChI is InChI=1S/C23H19F3N2O2/c24-23(25,26)20-9-3-1-7-16(20)18(12-22(29)28-13-15-6-5-11-30-15)19-14-27-21-10-4-2-8-17(19)21/h1-11,14,18,27H,12-13H2,(H,28,29)/t18-/m1/s1. The number of hydrogen-bond donors (Lipinski definition) is 2. The molecule has 154 valence electrons. The summed E-state index contributed by atoms with van der Waals surface area (Å²) in [5.41, 5.74) is 0.787. The van der Waals surface area contributed by atoms with Gasteiger partial charge in [-0.25, -0.2) is 0 Å². The summed E-state index contributed by atoms with van der Waals surface area (Å²) in [6.07, 6.45) is -1.47. The summed E-state index contributed by atoms with van der Waals surface area (Å²) in [5.74, 6) is -0.558. The van der Waals surface area contributed by atoms with Crippen LogP contribution in [0.15, 0.2) is 77.5 Å². The predicted molar refractivity (Wildman–Crippen MR) is 107 cm³/mol. The van der Waals surface area contributed by atoms with Gasteiger partial charge in [0.1, 0.15) is 5.76 Å². The van der Waals surface area contributed by atoms with Crippen LogP contribution < -0.4 is 5.32 Å². The molecule has 1 atom stereocenters. The van der Waals surface area contributed by atoms with Crippen molar-refractivity contribution < 1.29 is 22.4 Å². The van der Waals surface area contributed by atoms with Crippen LogP contribution >= 0.6 is 0 Å². The highest BCUT2D eigenvalue weighted by molar-refractivity contribution is 5.86. The van der Waals surface area contributed by atoms with Crippen molar-refractivity contribution in [3.8, 4) is 0 Å². The van der Waals surface area contributed by atoms with Gasteiger partial charge in [-0.05, 0) is 35.4 Å². The SMILES string of the molecule is O=C(C[C@H](c1ccccc1C(F)(F)F)c1c[nH]c2ccccc12)NCc1ccco1. The van der Waals surface area contributed by atoms with Gasteiger partial charge in [0.05, 0.1) is 18.4 Å². The van der Waals surface area contributed by atoms with Crippen molar-refractivity contribution in [2.24, 2.45) is 0 Å². The van der Waals surface area contributed by atoms with E-state index in [1.54, 1.807) is 24.4 Å². The normalized spacial score (nSPS) is 12.8. The van der Waals surface area contributed by atoms with Crippen molar-refractivity contribution in [2.75, 3.05) is 0 Å². The summed E-state index contributed by atoms with van der Waals surface area (Å²) in [7, 11) is 0. The molecule has 4 aromatic rings. The van der Waals surface area contributed by atoms with Crippen LogP contribution in [-0.4, -0.2) is 10.9 Å². The largest absolute Gasteiger partial charge is 0.467 e. The first-order valence-electron chi connectivity index (χ1n) is 9.44. The van der Waals surface area contributed by atoms with Crippen LogP contribution in [-0.2, 0) is 17.5 Å². The maximum absolute atomic E-state index is 13.7. The quantitative estimate of drug-likeness (QED) is 0.432. The molecule has 4 rings (SSSR count). The molecule has 0 aliphatic heterocycles. The smallest absolute Gasteiger partial charge is 0.416 e. The Bertz CT molecular complexity index is 1150. The van der Waals surface area contributed by atoms with E-state index in [1.807, 2.05) is 24.3 Å². The maximum atomic E-state index is 13.7. The lowest BCUT2D eigenvalue weighted by molar-refractivity contribution is -0.138. The molecular weight excluding hydrogens is 393 g/mol. The molecular formula is C23H19F3N2O2. The van der Waals surface area contributed by atoms with Gasteiger partial charge in [0.15, 0.2) is 0 Å². The number of aromatic nitrogens is 1. The third-order valence-electron chi connectivity index (χ3n) is 5.07. The van der Waals surface area contributed by atoms with Crippen LogP contribution in [0.5, 0.6) is 0 Å². The lowest BCUT2D eigenvalue weighted by atomic mass is 9.85. The highest BCUT2D eigenvalue weighted by Crippen LogP contribution is 2.40. The molecule has 0 bridgehead atoms. The fourth-order valence-corrected chi connectivity index (χ4v) is 3.69. The lowest BCUT2D eigenvalue weighted by Gasteiger charge is -2.21. The van der Waals surface area contributed by atoms with Gasteiger partial charge in [0.25, 0.3) is 0 Å². The zero-order valence-electron chi connectivity index (χ0n) is 15.9. The van der Waals surface area contributed by atoms with Crippen LogP contribution in [0.4, 0.5) is 13.2 Å². The van der Waals surface area contributed by atoms with Crippen molar-refractivity contribution in [2.45, 2.75) is 25.1 Å². The number of benzene rings is 2. The maximum Gasteiger partial charge on any atom is 0.416 e. The van der Waals surface area contributed by atoms with Gasteiger partial charge in [0.2, 0.25) is 5.91 Å². The van der Waals surface area contributed by atoms with Gasteiger partial charge in [-0.15, -0.1) is 0 Å². The number of halogens is 3. The molecule has 1 amide bonds. The number of carbonyl (C=O) groups excluding carboxylic acids is 1. The van der Waals surface area contributed by atoms with E-state index in [1.165, 1.54) is 18.4 Å². The number of hydrogen-bond acceptors (Lipinski definition) is 2. The third-order valence-corrected chi connectivity index (χ3v) is 5.07. The van der Waals surface area contributed by atoms with E-state index in [4.69, 9.17) is 4.42 Å². The summed E-state index contributed by atoms with van der Waals surface area (Å²) in [5, 5.41) is 3.52. The molecule has 7 heteroatoms. The summed E-state index contributed by atoms with van der Waals surface area (Å²) < 4.78 is 46.3. The zero-order valence-corrected chi connectivity index (χ0v) is 15.9. The first-order valence-corrected chi connectivity index (χ1v) is 9.44. The minimum atomic E-state index is -4.52. The number of H-pyrrole nitrogens is 1. The summed E-state index contributed by atoms with van der Waals surface area (Å²) in [6, 6.07) is 16.2. The molecule has 0 spiro atoms. The summed E-state index contributed by atoms with van der Waals surface area (Å²) >= 11 is 0. The summed E-state index contributed by atoms with van der Waals surface area (Å²) in [4.78, 5) is 15.8. The van der Waals surface area contributed by atoms with Crippen LogP contribution in [0.1, 0.15) is 34.8 Å². The minimum absolute atomic E-state index is 0.0721. The number of fused-ring (bicyclic) bond motifs is 1. The first-order chi connectivity index (χ1) is 14.4. The zero-order chi connectivity index (χ0) is 21.1. The number of para-hydroxylation sites is 1. The molecule has 0 saturated carbocycles. The average Bonchev–Trinajstić information content (AvgIpc) is 3.40. The number of carbonyl (C=O) groups is 1. The number of alkyl halides is 3. The molecule has 2 aromatic carbocycles.